The molecule has 0 spiro atoms. The van der Waals surface area contributed by atoms with Crippen LogP contribution in [0.4, 0.5) is 0 Å². The van der Waals surface area contributed by atoms with E-state index in [0.29, 0.717) is 28.6 Å². The van der Waals surface area contributed by atoms with E-state index in [2.05, 4.69) is 11.5 Å². The van der Waals surface area contributed by atoms with Gasteiger partial charge in [-0.1, -0.05) is 12.6 Å². The number of fused-ring (bicyclic) bond motifs is 3. The van der Waals surface area contributed by atoms with Crippen LogP contribution in [-0.4, -0.2) is 55.9 Å². The molecule has 2 unspecified atom stereocenters. The standard InChI is InChI=1S/C20H27NO5/c1-13(2)20(23,15-5-6-16(24-3)17(11-15)25-4)19(22)26-18-12-21-9-7-14(18)8-10-21/h5-6,11,14,18,23H,1,7-10,12H2,2-4H3. The number of hydrogen-bond donors (Lipinski definition) is 1. The topological polar surface area (TPSA) is 68.2 Å². The number of esters is 1. The van der Waals surface area contributed by atoms with Gasteiger partial charge >= 0.3 is 5.97 Å². The number of rotatable bonds is 6. The van der Waals surface area contributed by atoms with Crippen molar-refractivity contribution in [3.8, 4) is 11.5 Å². The van der Waals surface area contributed by atoms with E-state index >= 15 is 0 Å². The fraction of sp³-hybridized carbons (Fsp3) is 0.550. The third-order valence-electron chi connectivity index (χ3n) is 5.57. The highest BCUT2D eigenvalue weighted by molar-refractivity contribution is 5.85. The minimum absolute atomic E-state index is 0.184. The van der Waals surface area contributed by atoms with Gasteiger partial charge in [0, 0.05) is 12.1 Å². The van der Waals surface area contributed by atoms with E-state index in [9.17, 15) is 9.90 Å². The molecule has 4 rings (SSSR count). The number of hydrogen-bond acceptors (Lipinski definition) is 6. The Morgan fingerprint density at radius 3 is 2.38 bits per heavy atom. The van der Waals surface area contributed by atoms with E-state index < -0.39 is 11.6 Å². The molecule has 0 aromatic heterocycles. The summed E-state index contributed by atoms with van der Waals surface area (Å²) in [7, 11) is 3.04. The average Bonchev–Trinajstić information content (AvgIpc) is 2.67. The molecule has 6 nitrogen and oxygen atoms in total. The Morgan fingerprint density at radius 1 is 1.23 bits per heavy atom. The monoisotopic (exact) mass is 361 g/mol. The lowest BCUT2D eigenvalue weighted by Gasteiger charge is -2.44. The summed E-state index contributed by atoms with van der Waals surface area (Å²) in [5, 5.41) is 11.2. The van der Waals surface area contributed by atoms with Gasteiger partial charge in [0.05, 0.1) is 14.2 Å². The van der Waals surface area contributed by atoms with Gasteiger partial charge < -0.3 is 19.3 Å². The molecule has 3 fully saturated rings. The lowest BCUT2D eigenvalue weighted by Crippen LogP contribution is -2.53. The zero-order valence-corrected chi connectivity index (χ0v) is 15.7. The van der Waals surface area contributed by atoms with Gasteiger partial charge in [-0.2, -0.15) is 0 Å². The molecular formula is C20H27NO5. The molecule has 0 saturated carbocycles. The summed E-state index contributed by atoms with van der Waals surface area (Å²) in [6, 6.07) is 4.88. The van der Waals surface area contributed by atoms with Gasteiger partial charge in [-0.05, 0) is 56.5 Å². The van der Waals surface area contributed by atoms with Gasteiger partial charge in [-0.25, -0.2) is 4.79 Å². The first-order valence-electron chi connectivity index (χ1n) is 8.94. The van der Waals surface area contributed by atoms with E-state index in [-0.39, 0.29) is 6.10 Å². The van der Waals surface area contributed by atoms with Crippen molar-refractivity contribution in [3.05, 3.63) is 35.9 Å². The van der Waals surface area contributed by atoms with Crippen LogP contribution in [0.25, 0.3) is 0 Å². The predicted octanol–water partition coefficient (Wildman–Crippen LogP) is 2.10. The van der Waals surface area contributed by atoms with E-state index in [1.165, 1.54) is 14.2 Å². The highest BCUT2D eigenvalue weighted by atomic mass is 16.6. The van der Waals surface area contributed by atoms with Crippen LogP contribution < -0.4 is 9.47 Å². The Balaban J connectivity index is 1.87. The fourth-order valence-corrected chi connectivity index (χ4v) is 3.87. The summed E-state index contributed by atoms with van der Waals surface area (Å²) in [5.74, 6) is 0.631. The summed E-state index contributed by atoms with van der Waals surface area (Å²) in [5.41, 5.74) is -1.27. The maximum absolute atomic E-state index is 13.0. The van der Waals surface area contributed by atoms with E-state index in [0.717, 1.165) is 32.5 Å². The largest absolute Gasteiger partial charge is 0.493 e. The van der Waals surface area contributed by atoms with Crippen molar-refractivity contribution in [3.63, 3.8) is 0 Å². The molecule has 3 aliphatic heterocycles. The molecule has 0 amide bonds. The molecule has 1 aromatic carbocycles. The number of methoxy groups -OCH3 is 2. The van der Waals surface area contributed by atoms with Crippen LogP contribution >= 0.6 is 0 Å². The minimum atomic E-state index is -1.93. The van der Waals surface area contributed by atoms with Crippen LogP contribution in [0.2, 0.25) is 0 Å². The lowest BCUT2D eigenvalue weighted by molar-refractivity contribution is -0.177. The summed E-state index contributed by atoms with van der Waals surface area (Å²) in [6.45, 7) is 8.29. The van der Waals surface area contributed by atoms with Crippen LogP contribution in [0.15, 0.2) is 30.4 Å². The number of carbonyl (C=O) groups is 1. The third-order valence-corrected chi connectivity index (χ3v) is 5.57. The Kier molecular flexibility index (Phi) is 5.25. The van der Waals surface area contributed by atoms with Gasteiger partial charge in [-0.3, -0.25) is 4.90 Å². The minimum Gasteiger partial charge on any atom is -0.493 e. The Morgan fingerprint density at radius 2 is 1.88 bits per heavy atom. The predicted molar refractivity (Wildman–Crippen MR) is 97.3 cm³/mol. The number of benzene rings is 1. The van der Waals surface area contributed by atoms with Crippen LogP contribution in [0, 0.1) is 5.92 Å². The maximum Gasteiger partial charge on any atom is 0.347 e. The quantitative estimate of drug-likeness (QED) is 0.618. The molecule has 1 aromatic rings. The molecule has 0 radical (unpaired) electrons. The van der Waals surface area contributed by atoms with Crippen molar-refractivity contribution >= 4 is 5.97 Å². The van der Waals surface area contributed by atoms with Gasteiger partial charge in [0.2, 0.25) is 5.60 Å². The summed E-state index contributed by atoms with van der Waals surface area (Å²) in [4.78, 5) is 15.3. The maximum atomic E-state index is 13.0. The second-order valence-electron chi connectivity index (χ2n) is 7.14. The molecule has 2 bridgehead atoms. The van der Waals surface area contributed by atoms with E-state index in [1.807, 2.05) is 0 Å². The lowest BCUT2D eigenvalue weighted by atomic mass is 9.84. The molecule has 3 saturated heterocycles. The van der Waals surface area contributed by atoms with Gasteiger partial charge in [-0.15, -0.1) is 0 Å². The SMILES string of the molecule is C=C(C)C(O)(C(=O)OC1CN2CCC1CC2)c1ccc(OC)c(OC)c1. The first kappa shape index (κ1) is 18.7. The Bertz CT molecular complexity index is 695. The Labute approximate surface area is 154 Å². The van der Waals surface area contributed by atoms with Crippen LogP contribution in [0.1, 0.15) is 25.3 Å². The van der Waals surface area contributed by atoms with Crippen molar-refractivity contribution in [2.45, 2.75) is 31.5 Å². The van der Waals surface area contributed by atoms with E-state index in [1.54, 1.807) is 25.1 Å². The zero-order chi connectivity index (χ0) is 18.9. The van der Waals surface area contributed by atoms with Gasteiger partial charge in [0.15, 0.2) is 11.5 Å². The van der Waals surface area contributed by atoms with Gasteiger partial charge in [0.1, 0.15) is 6.10 Å². The molecule has 2 atom stereocenters. The molecule has 3 aliphatic rings. The highest BCUT2D eigenvalue weighted by Crippen LogP contribution is 2.38. The molecular weight excluding hydrogens is 334 g/mol. The average molecular weight is 361 g/mol. The van der Waals surface area contributed by atoms with Crippen molar-refractivity contribution < 1.29 is 24.1 Å². The van der Waals surface area contributed by atoms with Crippen LogP contribution in [0.5, 0.6) is 11.5 Å². The summed E-state index contributed by atoms with van der Waals surface area (Å²) >= 11 is 0. The van der Waals surface area contributed by atoms with Crippen molar-refractivity contribution in [2.24, 2.45) is 5.92 Å². The number of piperidine rings is 3. The first-order valence-corrected chi connectivity index (χ1v) is 8.94. The number of ether oxygens (including phenoxy) is 3. The molecule has 3 heterocycles. The van der Waals surface area contributed by atoms with Crippen molar-refractivity contribution in [1.29, 1.82) is 0 Å². The second kappa shape index (κ2) is 7.29. The van der Waals surface area contributed by atoms with Crippen molar-refractivity contribution in [1.82, 2.24) is 4.90 Å². The normalized spacial score (nSPS) is 26.7. The first-order chi connectivity index (χ1) is 12.4. The zero-order valence-electron chi connectivity index (χ0n) is 15.7. The summed E-state index contributed by atoms with van der Waals surface area (Å²) in [6.07, 6.45) is 1.87. The van der Waals surface area contributed by atoms with Crippen LogP contribution in [0.3, 0.4) is 0 Å². The highest BCUT2D eigenvalue weighted by Gasteiger charge is 2.45. The summed E-state index contributed by atoms with van der Waals surface area (Å²) < 4.78 is 16.3. The molecule has 1 N–H and O–H groups in total. The van der Waals surface area contributed by atoms with Gasteiger partial charge in [0.25, 0.3) is 0 Å². The number of aliphatic hydroxyl groups is 1. The second-order valence-corrected chi connectivity index (χ2v) is 7.14. The van der Waals surface area contributed by atoms with Crippen molar-refractivity contribution in [2.75, 3.05) is 33.9 Å². The van der Waals surface area contributed by atoms with Crippen LogP contribution in [-0.2, 0) is 15.1 Å². The molecule has 6 heteroatoms. The fourth-order valence-electron chi connectivity index (χ4n) is 3.87. The third kappa shape index (κ3) is 3.19. The molecule has 142 valence electrons. The Hall–Kier alpha value is -2.05. The van der Waals surface area contributed by atoms with E-state index in [4.69, 9.17) is 14.2 Å². The number of carbonyl (C=O) groups excluding carboxylic acids is 1. The number of nitrogens with zero attached hydrogens (tertiary/aromatic N) is 1. The molecule has 26 heavy (non-hydrogen) atoms. The smallest absolute Gasteiger partial charge is 0.347 e. The molecule has 0 aliphatic carbocycles.